The Morgan fingerprint density at radius 3 is 2.46 bits per heavy atom. The SMILES string of the molecule is Nc1cnc2ccc(C(=O)N3CCN(c4ccccc4)CC3)cn2c1=O. The topological polar surface area (TPSA) is 83.9 Å². The van der Waals surface area contributed by atoms with Crippen molar-refractivity contribution in [1.29, 1.82) is 0 Å². The summed E-state index contributed by atoms with van der Waals surface area (Å²) in [5.41, 5.74) is 7.42. The molecule has 0 aliphatic carbocycles. The number of para-hydroxylation sites is 1. The molecule has 2 N–H and O–H groups in total. The monoisotopic (exact) mass is 349 g/mol. The summed E-state index contributed by atoms with van der Waals surface area (Å²) in [7, 11) is 0. The Kier molecular flexibility index (Phi) is 4.04. The number of carbonyl (C=O) groups excluding carboxylic acids is 1. The van der Waals surface area contributed by atoms with Gasteiger partial charge in [0.15, 0.2) is 0 Å². The number of nitrogens with two attached hydrogens (primary N) is 1. The molecule has 2 aromatic heterocycles. The molecular formula is C19H19N5O2. The van der Waals surface area contributed by atoms with Gasteiger partial charge in [-0.3, -0.25) is 14.0 Å². The Bertz CT molecular complexity index is 1010. The maximum Gasteiger partial charge on any atom is 0.281 e. The van der Waals surface area contributed by atoms with Crippen LogP contribution >= 0.6 is 0 Å². The summed E-state index contributed by atoms with van der Waals surface area (Å²) >= 11 is 0. The fourth-order valence-corrected chi connectivity index (χ4v) is 3.21. The van der Waals surface area contributed by atoms with E-state index in [1.54, 1.807) is 12.1 Å². The van der Waals surface area contributed by atoms with Crippen molar-refractivity contribution in [2.24, 2.45) is 0 Å². The summed E-state index contributed by atoms with van der Waals surface area (Å²) in [5, 5.41) is 0. The van der Waals surface area contributed by atoms with Crippen LogP contribution in [0.4, 0.5) is 11.4 Å². The van der Waals surface area contributed by atoms with Crippen molar-refractivity contribution in [2.75, 3.05) is 36.8 Å². The van der Waals surface area contributed by atoms with Crippen molar-refractivity contribution in [3.63, 3.8) is 0 Å². The van der Waals surface area contributed by atoms with Crippen LogP contribution in [0, 0.1) is 0 Å². The first-order valence-electron chi connectivity index (χ1n) is 8.49. The Morgan fingerprint density at radius 1 is 1.00 bits per heavy atom. The highest BCUT2D eigenvalue weighted by Crippen LogP contribution is 2.17. The van der Waals surface area contributed by atoms with Crippen LogP contribution in [0.15, 0.2) is 59.7 Å². The zero-order valence-corrected chi connectivity index (χ0v) is 14.2. The van der Waals surface area contributed by atoms with Gasteiger partial charge < -0.3 is 15.5 Å². The van der Waals surface area contributed by atoms with Crippen LogP contribution < -0.4 is 16.2 Å². The van der Waals surface area contributed by atoms with E-state index in [1.807, 2.05) is 23.1 Å². The Balaban J connectivity index is 1.53. The minimum Gasteiger partial charge on any atom is -0.393 e. The summed E-state index contributed by atoms with van der Waals surface area (Å²) in [4.78, 5) is 33.1. The summed E-state index contributed by atoms with van der Waals surface area (Å²) in [5.74, 6) is -0.0889. The number of rotatable bonds is 2. The maximum absolute atomic E-state index is 12.8. The lowest BCUT2D eigenvalue weighted by molar-refractivity contribution is 0.0746. The highest BCUT2D eigenvalue weighted by Gasteiger charge is 2.22. The summed E-state index contributed by atoms with van der Waals surface area (Å²) in [6.07, 6.45) is 2.86. The average Bonchev–Trinajstić information content (AvgIpc) is 2.71. The third-order valence-corrected chi connectivity index (χ3v) is 4.66. The minimum atomic E-state index is -0.362. The van der Waals surface area contributed by atoms with Crippen LogP contribution in [-0.2, 0) is 0 Å². The number of pyridine rings is 1. The minimum absolute atomic E-state index is 0.0589. The van der Waals surface area contributed by atoms with Gasteiger partial charge in [0.05, 0.1) is 11.8 Å². The predicted octanol–water partition coefficient (Wildman–Crippen LogP) is 1.24. The van der Waals surface area contributed by atoms with E-state index in [0.29, 0.717) is 24.3 Å². The van der Waals surface area contributed by atoms with Crippen LogP contribution in [-0.4, -0.2) is 46.4 Å². The number of piperazine rings is 1. The van der Waals surface area contributed by atoms with Gasteiger partial charge in [0.1, 0.15) is 11.3 Å². The molecule has 3 aromatic rings. The van der Waals surface area contributed by atoms with Gasteiger partial charge in [-0.25, -0.2) is 4.98 Å². The van der Waals surface area contributed by atoms with Crippen LogP contribution in [0.2, 0.25) is 0 Å². The van der Waals surface area contributed by atoms with Crippen LogP contribution in [0.25, 0.3) is 5.65 Å². The Labute approximate surface area is 150 Å². The van der Waals surface area contributed by atoms with Gasteiger partial charge in [-0.05, 0) is 24.3 Å². The lowest BCUT2D eigenvalue weighted by Crippen LogP contribution is -2.48. The molecule has 1 amide bonds. The average molecular weight is 349 g/mol. The number of nitrogens with zero attached hydrogens (tertiary/aromatic N) is 4. The van der Waals surface area contributed by atoms with Crippen LogP contribution in [0.5, 0.6) is 0 Å². The molecule has 0 radical (unpaired) electrons. The number of anilines is 2. The number of hydrogen-bond acceptors (Lipinski definition) is 5. The van der Waals surface area contributed by atoms with Crippen molar-refractivity contribution < 1.29 is 4.79 Å². The largest absolute Gasteiger partial charge is 0.393 e. The number of fused-ring (bicyclic) bond motifs is 1. The van der Waals surface area contributed by atoms with E-state index >= 15 is 0 Å². The molecule has 1 fully saturated rings. The van der Waals surface area contributed by atoms with E-state index in [4.69, 9.17) is 5.73 Å². The molecule has 1 saturated heterocycles. The number of benzene rings is 1. The predicted molar refractivity (Wildman–Crippen MR) is 100 cm³/mol. The smallest absolute Gasteiger partial charge is 0.281 e. The molecule has 1 aromatic carbocycles. The molecule has 0 spiro atoms. The summed E-state index contributed by atoms with van der Waals surface area (Å²) < 4.78 is 1.32. The molecule has 4 rings (SSSR count). The van der Waals surface area contributed by atoms with Crippen molar-refractivity contribution >= 4 is 22.9 Å². The van der Waals surface area contributed by atoms with Gasteiger partial charge >= 0.3 is 0 Å². The summed E-state index contributed by atoms with van der Waals surface area (Å²) in [6, 6.07) is 13.5. The van der Waals surface area contributed by atoms with Gasteiger partial charge in [-0.1, -0.05) is 18.2 Å². The van der Waals surface area contributed by atoms with Gasteiger partial charge in [0.2, 0.25) is 0 Å². The normalized spacial score (nSPS) is 14.6. The molecular weight excluding hydrogens is 330 g/mol. The Hall–Kier alpha value is -3.35. The standard InChI is InChI=1S/C19H19N5O2/c20-16-12-21-17-7-6-14(13-24(17)19(16)26)18(25)23-10-8-22(9-11-23)15-4-2-1-3-5-15/h1-7,12-13H,8-11,20H2. The fourth-order valence-electron chi connectivity index (χ4n) is 3.21. The maximum atomic E-state index is 12.8. The van der Waals surface area contributed by atoms with Gasteiger partial charge in [-0.15, -0.1) is 0 Å². The number of aromatic nitrogens is 2. The van der Waals surface area contributed by atoms with Gasteiger partial charge in [-0.2, -0.15) is 0 Å². The van der Waals surface area contributed by atoms with Crippen LogP contribution in [0.3, 0.4) is 0 Å². The van der Waals surface area contributed by atoms with Gasteiger partial charge in [0, 0.05) is 38.1 Å². The zero-order valence-electron chi connectivity index (χ0n) is 14.2. The highest BCUT2D eigenvalue weighted by atomic mass is 16.2. The van der Waals surface area contributed by atoms with E-state index in [0.717, 1.165) is 13.1 Å². The summed E-state index contributed by atoms with van der Waals surface area (Å²) in [6.45, 7) is 2.82. The van der Waals surface area contributed by atoms with Gasteiger partial charge in [0.25, 0.3) is 11.5 Å². The van der Waals surface area contributed by atoms with Crippen molar-refractivity contribution in [2.45, 2.75) is 0 Å². The Morgan fingerprint density at radius 2 is 1.73 bits per heavy atom. The third-order valence-electron chi connectivity index (χ3n) is 4.66. The van der Waals surface area contributed by atoms with Crippen molar-refractivity contribution in [1.82, 2.24) is 14.3 Å². The molecule has 0 atom stereocenters. The van der Waals surface area contributed by atoms with E-state index in [-0.39, 0.29) is 17.2 Å². The van der Waals surface area contributed by atoms with Crippen LogP contribution in [0.1, 0.15) is 10.4 Å². The number of amides is 1. The highest BCUT2D eigenvalue weighted by molar-refractivity contribution is 5.94. The second-order valence-corrected chi connectivity index (χ2v) is 6.28. The molecule has 7 heteroatoms. The lowest BCUT2D eigenvalue weighted by atomic mass is 10.2. The lowest BCUT2D eigenvalue weighted by Gasteiger charge is -2.36. The molecule has 3 heterocycles. The quantitative estimate of drug-likeness (QED) is 0.752. The first kappa shape index (κ1) is 16.1. The molecule has 0 unspecified atom stereocenters. The van der Waals surface area contributed by atoms with E-state index in [2.05, 4.69) is 22.0 Å². The second kappa shape index (κ2) is 6.51. The zero-order chi connectivity index (χ0) is 18.1. The number of hydrogen-bond donors (Lipinski definition) is 1. The number of nitrogen functional groups attached to an aromatic ring is 1. The van der Waals surface area contributed by atoms with E-state index in [9.17, 15) is 9.59 Å². The van der Waals surface area contributed by atoms with E-state index < -0.39 is 0 Å². The molecule has 7 nitrogen and oxygen atoms in total. The molecule has 1 aliphatic rings. The molecule has 132 valence electrons. The second-order valence-electron chi connectivity index (χ2n) is 6.28. The molecule has 1 aliphatic heterocycles. The van der Waals surface area contributed by atoms with Crippen molar-refractivity contribution in [3.8, 4) is 0 Å². The fraction of sp³-hybridized carbons (Fsp3) is 0.211. The third kappa shape index (κ3) is 2.88. The first-order chi connectivity index (χ1) is 12.6. The number of carbonyl (C=O) groups is 1. The van der Waals surface area contributed by atoms with E-state index in [1.165, 1.54) is 22.5 Å². The molecule has 0 bridgehead atoms. The van der Waals surface area contributed by atoms with Crippen molar-refractivity contribution in [3.05, 3.63) is 70.8 Å². The molecule has 0 saturated carbocycles. The molecule has 26 heavy (non-hydrogen) atoms. The first-order valence-corrected chi connectivity index (χ1v) is 8.49.